The second-order valence-electron chi connectivity index (χ2n) is 12.3. The van der Waals surface area contributed by atoms with Crippen LogP contribution in [0.5, 0.6) is 0 Å². The third-order valence-electron chi connectivity index (χ3n) is 8.04. The molecule has 0 aliphatic heterocycles. The number of para-hydroxylation sites is 4. The van der Waals surface area contributed by atoms with Gasteiger partial charge in [-0.05, 0) is 48.5 Å². The van der Waals surface area contributed by atoms with Crippen LogP contribution < -0.4 is 41.9 Å². The Morgan fingerprint density at radius 3 is 0.968 bits per heavy atom. The number of carbonyl (C=O) groups is 5. The van der Waals surface area contributed by atoms with Gasteiger partial charge < -0.3 is 66.9 Å². The molecule has 18 nitrogen and oxygen atoms in total. The van der Waals surface area contributed by atoms with Crippen LogP contribution in [0.1, 0.15) is 41.7 Å². The summed E-state index contributed by atoms with van der Waals surface area (Å²) in [5, 5.41) is 44.9. The molecule has 0 spiro atoms. The Labute approximate surface area is 363 Å². The number of benzene rings is 4. The molecule has 4 aromatic carbocycles. The largest absolute Gasteiger partial charge is 2.00 e. The van der Waals surface area contributed by atoms with Crippen LogP contribution in [0.4, 0.5) is 11.4 Å². The SMILES string of the molecule is CN(C)C=O.Nc1c2ccccc2[nH+]c2ccccc12.Nc1c2ccccc2[nH+]c2ccccc12.O.O=C([O-])c1ccc(C(=O)[O-])nc1.O=C([O-])c1ccc(C(=O)[O-])nc1.[Cu+2].[OH3+]. The third kappa shape index (κ3) is 14.0. The van der Waals surface area contributed by atoms with E-state index in [-0.39, 0.29) is 50.5 Å². The number of H-pyrrole nitrogens is 2. The molecule has 0 atom stereocenters. The minimum Gasteiger partial charge on any atom is -0.545 e. The molecule has 0 aliphatic carbocycles. The second kappa shape index (κ2) is 24.7. The minimum absolute atomic E-state index is 0. The quantitative estimate of drug-likeness (QED) is 0.0848. The van der Waals surface area contributed by atoms with Crippen molar-refractivity contribution in [2.45, 2.75) is 0 Å². The van der Waals surface area contributed by atoms with E-state index in [0.29, 0.717) is 0 Å². The van der Waals surface area contributed by atoms with E-state index in [9.17, 15) is 44.4 Å². The van der Waals surface area contributed by atoms with Crippen LogP contribution in [0.3, 0.4) is 0 Å². The number of carboxylic acids is 4. The summed E-state index contributed by atoms with van der Waals surface area (Å²) in [7, 11) is 3.38. The zero-order valence-corrected chi connectivity index (χ0v) is 33.8. The van der Waals surface area contributed by atoms with Crippen molar-refractivity contribution in [3.05, 3.63) is 156 Å². The minimum atomic E-state index is -1.44. The van der Waals surface area contributed by atoms with Gasteiger partial charge in [-0.1, -0.05) is 48.5 Å². The number of fused-ring (bicyclic) bond motifs is 4. The topological polar surface area (TPSA) is 351 Å². The van der Waals surface area contributed by atoms with Crippen molar-refractivity contribution in [2.24, 2.45) is 0 Å². The predicted octanol–water partition coefficient (Wildman–Crippen LogP) is -1.65. The molecule has 323 valence electrons. The maximum Gasteiger partial charge on any atom is 2.00 e. The fourth-order valence-corrected chi connectivity index (χ4v) is 5.16. The first-order valence-electron chi connectivity index (χ1n) is 17.3. The molecule has 0 fully saturated rings. The molecular weight excluding hydrogens is 854 g/mol. The van der Waals surface area contributed by atoms with Gasteiger partial charge in [-0.25, -0.2) is 9.97 Å². The van der Waals surface area contributed by atoms with E-state index in [2.05, 4.69) is 19.9 Å². The fourth-order valence-electron chi connectivity index (χ4n) is 5.16. The normalized spacial score (nSPS) is 9.45. The van der Waals surface area contributed by atoms with Gasteiger partial charge in [0.1, 0.15) is 0 Å². The first kappa shape index (κ1) is 51.9. The Morgan fingerprint density at radius 1 is 0.516 bits per heavy atom. The molecular formula is C43H40CuN7O11+. The van der Waals surface area contributed by atoms with Crippen LogP contribution in [0, 0.1) is 0 Å². The zero-order valence-electron chi connectivity index (χ0n) is 32.8. The molecule has 1 amide bonds. The van der Waals surface area contributed by atoms with Gasteiger partial charge in [-0.2, -0.15) is 0 Å². The molecule has 8 rings (SSSR count). The number of nitrogens with one attached hydrogen (secondary N) is 2. The maximum atomic E-state index is 10.2. The smallest absolute Gasteiger partial charge is 0.545 e. The number of carbonyl (C=O) groups excluding carboxylic acids is 5. The number of nitrogen functional groups attached to an aromatic ring is 2. The summed E-state index contributed by atoms with van der Waals surface area (Å²) >= 11 is 0. The third-order valence-corrected chi connectivity index (χ3v) is 8.04. The Balaban J connectivity index is 0.000000395. The van der Waals surface area contributed by atoms with Crippen molar-refractivity contribution in [1.29, 1.82) is 0 Å². The Kier molecular flexibility index (Phi) is 20.7. The first-order chi connectivity index (χ1) is 28.2. The molecule has 0 unspecified atom stereocenters. The second-order valence-corrected chi connectivity index (χ2v) is 12.3. The predicted molar refractivity (Wildman–Crippen MR) is 219 cm³/mol. The van der Waals surface area contributed by atoms with Gasteiger partial charge in [0.25, 0.3) is 0 Å². The molecule has 0 saturated carbocycles. The van der Waals surface area contributed by atoms with Crippen molar-refractivity contribution in [2.75, 3.05) is 25.6 Å². The molecule has 1 radical (unpaired) electrons. The molecule has 4 aromatic heterocycles. The molecule has 0 aliphatic rings. The van der Waals surface area contributed by atoms with E-state index in [4.69, 9.17) is 11.5 Å². The summed E-state index contributed by atoms with van der Waals surface area (Å²) in [4.78, 5) is 64.9. The van der Waals surface area contributed by atoms with Crippen molar-refractivity contribution in [3.8, 4) is 0 Å². The average molecular weight is 894 g/mol. The number of nitrogens with zero attached hydrogens (tertiary/aromatic N) is 3. The molecule has 0 saturated heterocycles. The zero-order chi connectivity index (χ0) is 43.1. The monoisotopic (exact) mass is 893 g/mol. The van der Waals surface area contributed by atoms with E-state index in [1.165, 1.54) is 4.90 Å². The summed E-state index contributed by atoms with van der Waals surface area (Å²) in [5.41, 5.74) is 17.3. The van der Waals surface area contributed by atoms with Crippen molar-refractivity contribution in [3.63, 3.8) is 0 Å². The summed E-state index contributed by atoms with van der Waals surface area (Å²) in [6, 6.07) is 36.6. The number of aromatic nitrogens is 4. The molecule has 8 aromatic rings. The van der Waals surface area contributed by atoms with Gasteiger partial charge in [-0.3, -0.25) is 14.8 Å². The Bertz CT molecular complexity index is 2420. The van der Waals surface area contributed by atoms with Crippen molar-refractivity contribution in [1.82, 2.24) is 14.9 Å². The number of hydrogen-bond acceptors (Lipinski definition) is 13. The summed E-state index contributed by atoms with van der Waals surface area (Å²) < 4.78 is 0. The standard InChI is InChI=1S/2C13H10N2.2C7H5NO4.C3H7NO.Cu.2H2O/c2*14-13-9-5-1-3-7-11(9)15-12-8-4-2-6-10(12)13;2*9-6(10)4-1-2-5(7(11)12)8-3-4;1-4(2)3-5;;;/h2*1-8H,(H2,14,15);2*1-3H,(H,9,10)(H,11,12);3H,1-2H3;;2*1H2/q;;;;;+2;;/p-1. The summed E-state index contributed by atoms with van der Waals surface area (Å²) in [6.07, 6.45) is 2.56. The summed E-state index contributed by atoms with van der Waals surface area (Å²) in [6.45, 7) is 0. The van der Waals surface area contributed by atoms with E-state index < -0.39 is 23.9 Å². The van der Waals surface area contributed by atoms with E-state index >= 15 is 0 Å². The van der Waals surface area contributed by atoms with Crippen molar-refractivity contribution < 1.29 is 82.4 Å². The first-order valence-corrected chi connectivity index (χ1v) is 17.3. The molecule has 4 heterocycles. The van der Waals surface area contributed by atoms with Gasteiger partial charge in [0, 0.05) is 61.9 Å². The van der Waals surface area contributed by atoms with Gasteiger partial charge in [0.2, 0.25) is 28.5 Å². The fraction of sp³-hybridized carbons (Fsp3) is 0.0465. The number of amides is 1. The maximum absolute atomic E-state index is 10.2. The van der Waals surface area contributed by atoms with E-state index in [1.807, 2.05) is 97.1 Å². The molecule has 0 bridgehead atoms. The van der Waals surface area contributed by atoms with Gasteiger partial charge in [-0.15, -0.1) is 0 Å². The molecule has 11 N–H and O–H groups in total. The van der Waals surface area contributed by atoms with Crippen LogP contribution in [-0.4, -0.2) is 64.7 Å². The Morgan fingerprint density at radius 2 is 0.774 bits per heavy atom. The van der Waals surface area contributed by atoms with E-state index in [1.54, 1.807) is 14.1 Å². The number of nitrogens with two attached hydrogens (primary N) is 2. The van der Waals surface area contributed by atoms with Crippen LogP contribution in [0.25, 0.3) is 43.6 Å². The number of carboxylic acid groups (broad SMARTS) is 4. The number of aromatic amines is 2. The number of hydrogen-bond donors (Lipinski definition) is 2. The average Bonchev–Trinajstić information content (AvgIpc) is 3.25. The van der Waals surface area contributed by atoms with E-state index in [0.717, 1.165) is 98.1 Å². The Hall–Kier alpha value is -8.09. The van der Waals surface area contributed by atoms with Gasteiger partial charge in [0.15, 0.2) is 0 Å². The molecule has 62 heavy (non-hydrogen) atoms. The van der Waals surface area contributed by atoms with Crippen LogP contribution in [0.2, 0.25) is 0 Å². The number of rotatable bonds is 5. The van der Waals surface area contributed by atoms with Crippen LogP contribution >= 0.6 is 0 Å². The molecule has 19 heteroatoms. The number of aromatic carboxylic acids is 4. The van der Waals surface area contributed by atoms with Crippen LogP contribution in [-0.2, 0) is 27.3 Å². The van der Waals surface area contributed by atoms with Gasteiger partial charge in [0.05, 0.1) is 68.2 Å². The number of pyridine rings is 4. The van der Waals surface area contributed by atoms with Crippen LogP contribution in [0.15, 0.2) is 134 Å². The van der Waals surface area contributed by atoms with Crippen molar-refractivity contribution >= 4 is 85.3 Å². The number of anilines is 2. The van der Waals surface area contributed by atoms with Gasteiger partial charge >= 0.3 is 17.1 Å². The summed E-state index contributed by atoms with van der Waals surface area (Å²) in [5.74, 6) is -5.68.